The van der Waals surface area contributed by atoms with Crippen molar-refractivity contribution in [1.82, 2.24) is 15.5 Å². The van der Waals surface area contributed by atoms with E-state index in [1.54, 1.807) is 20.3 Å². The fourth-order valence-corrected chi connectivity index (χ4v) is 2.71. The topological polar surface area (TPSA) is 85.5 Å². The Balaban J connectivity index is 1.78. The number of nitrogens with zero attached hydrogens (tertiary/aromatic N) is 1. The minimum atomic E-state index is -0.189. The zero-order chi connectivity index (χ0) is 16.9. The number of methoxy groups -OCH3 is 2. The van der Waals surface area contributed by atoms with Crippen LogP contribution in [0.4, 0.5) is 0 Å². The van der Waals surface area contributed by atoms with E-state index in [0.717, 1.165) is 25.0 Å². The number of H-pyrrole nitrogens is 1. The minimum absolute atomic E-state index is 0.0457. The fraction of sp³-hybridized carbons (Fsp3) is 0.412. The third-order valence-electron chi connectivity index (χ3n) is 4.00. The summed E-state index contributed by atoms with van der Waals surface area (Å²) in [5, 5.41) is 9.98. The van der Waals surface area contributed by atoms with Gasteiger partial charge in [-0.2, -0.15) is 5.10 Å². The molecule has 7 heteroatoms. The molecule has 0 spiro atoms. The van der Waals surface area contributed by atoms with Crippen LogP contribution in [0.25, 0.3) is 11.3 Å². The summed E-state index contributed by atoms with van der Waals surface area (Å²) in [6, 6.07) is 7.19. The first-order chi connectivity index (χ1) is 11.7. The zero-order valence-corrected chi connectivity index (χ0v) is 13.8. The second-order valence-electron chi connectivity index (χ2n) is 5.62. The fourth-order valence-electron chi connectivity index (χ4n) is 2.71. The van der Waals surface area contributed by atoms with Crippen molar-refractivity contribution < 1.29 is 19.0 Å². The Hall–Kier alpha value is -2.54. The van der Waals surface area contributed by atoms with Crippen molar-refractivity contribution in [2.75, 3.05) is 27.4 Å². The van der Waals surface area contributed by atoms with Crippen LogP contribution in [0.15, 0.2) is 24.3 Å². The van der Waals surface area contributed by atoms with E-state index in [4.69, 9.17) is 14.2 Å². The number of hydrogen-bond acceptors (Lipinski definition) is 5. The number of carbonyl (C=O) groups excluding carboxylic acids is 1. The third kappa shape index (κ3) is 3.51. The summed E-state index contributed by atoms with van der Waals surface area (Å²) in [4.78, 5) is 12.3. The van der Waals surface area contributed by atoms with Crippen LogP contribution in [0.2, 0.25) is 0 Å². The molecule has 2 aromatic rings. The summed E-state index contributed by atoms with van der Waals surface area (Å²) in [7, 11) is 3.19. The van der Waals surface area contributed by atoms with Crippen molar-refractivity contribution in [3.05, 3.63) is 30.0 Å². The normalized spacial score (nSPS) is 17.3. The molecular formula is C17H21N3O4. The summed E-state index contributed by atoms with van der Waals surface area (Å²) < 4.78 is 16.0. The highest BCUT2D eigenvalue weighted by atomic mass is 16.5. The van der Waals surface area contributed by atoms with Gasteiger partial charge < -0.3 is 19.5 Å². The van der Waals surface area contributed by atoms with Crippen LogP contribution in [0.5, 0.6) is 11.5 Å². The van der Waals surface area contributed by atoms with Crippen molar-refractivity contribution in [3.63, 3.8) is 0 Å². The van der Waals surface area contributed by atoms with Gasteiger partial charge in [0.1, 0.15) is 17.2 Å². The predicted molar refractivity (Wildman–Crippen MR) is 88.4 cm³/mol. The molecule has 0 radical (unpaired) electrons. The lowest BCUT2D eigenvalue weighted by molar-refractivity contribution is 0.0622. The maximum absolute atomic E-state index is 12.3. The van der Waals surface area contributed by atoms with Crippen molar-refractivity contribution in [3.8, 4) is 22.8 Å². The molecule has 1 aromatic carbocycles. The molecule has 1 aliphatic rings. The summed E-state index contributed by atoms with van der Waals surface area (Å²) in [6.45, 7) is 1.31. The first-order valence-electron chi connectivity index (χ1n) is 7.87. The van der Waals surface area contributed by atoms with Gasteiger partial charge >= 0.3 is 0 Å². The summed E-state index contributed by atoms with van der Waals surface area (Å²) in [5.41, 5.74) is 1.78. The van der Waals surface area contributed by atoms with Crippen LogP contribution >= 0.6 is 0 Å². The predicted octanol–water partition coefficient (Wildman–Crippen LogP) is 2.00. The van der Waals surface area contributed by atoms with Gasteiger partial charge in [0, 0.05) is 12.2 Å². The largest absolute Gasteiger partial charge is 0.497 e. The molecule has 24 heavy (non-hydrogen) atoms. The Labute approximate surface area is 140 Å². The van der Waals surface area contributed by atoms with Crippen LogP contribution < -0.4 is 14.8 Å². The van der Waals surface area contributed by atoms with E-state index in [0.29, 0.717) is 29.5 Å². The van der Waals surface area contributed by atoms with Crippen LogP contribution in [0, 0.1) is 0 Å². The molecule has 1 atom stereocenters. The van der Waals surface area contributed by atoms with Gasteiger partial charge in [0.25, 0.3) is 5.91 Å². The standard InChI is InChI=1S/C17H21N3O4/c1-22-12-5-6-16(23-2)13(8-12)14-9-15(20-19-14)17(21)18-11-4-3-7-24-10-11/h5-6,8-9,11H,3-4,7,10H2,1-2H3,(H,18,21)(H,19,20)/t11-/m1/s1. The van der Waals surface area contributed by atoms with E-state index >= 15 is 0 Å². The number of nitrogens with one attached hydrogen (secondary N) is 2. The van der Waals surface area contributed by atoms with Gasteiger partial charge in [0.05, 0.1) is 32.6 Å². The summed E-state index contributed by atoms with van der Waals surface area (Å²) >= 11 is 0. The molecule has 2 heterocycles. The van der Waals surface area contributed by atoms with Gasteiger partial charge in [-0.05, 0) is 37.1 Å². The van der Waals surface area contributed by atoms with Gasteiger partial charge in [0.15, 0.2) is 0 Å². The second-order valence-corrected chi connectivity index (χ2v) is 5.62. The van der Waals surface area contributed by atoms with E-state index in [1.807, 2.05) is 18.2 Å². The lowest BCUT2D eigenvalue weighted by atomic mass is 10.1. The maximum atomic E-state index is 12.3. The van der Waals surface area contributed by atoms with Crippen molar-refractivity contribution in [2.24, 2.45) is 0 Å². The van der Waals surface area contributed by atoms with Crippen molar-refractivity contribution in [1.29, 1.82) is 0 Å². The number of aromatic amines is 1. The first kappa shape index (κ1) is 16.3. The quantitative estimate of drug-likeness (QED) is 0.875. The van der Waals surface area contributed by atoms with E-state index in [9.17, 15) is 4.79 Å². The highest BCUT2D eigenvalue weighted by Gasteiger charge is 2.19. The second kappa shape index (κ2) is 7.35. The van der Waals surface area contributed by atoms with Crippen LogP contribution in [0.1, 0.15) is 23.3 Å². The molecule has 0 unspecified atom stereocenters. The van der Waals surface area contributed by atoms with Crippen molar-refractivity contribution >= 4 is 5.91 Å². The van der Waals surface area contributed by atoms with E-state index in [2.05, 4.69) is 15.5 Å². The molecule has 1 amide bonds. The first-order valence-corrected chi connectivity index (χ1v) is 7.87. The lowest BCUT2D eigenvalue weighted by Gasteiger charge is -2.22. The summed E-state index contributed by atoms with van der Waals surface area (Å²) in [6.07, 6.45) is 1.89. The number of aromatic nitrogens is 2. The Kier molecular flexibility index (Phi) is 5.00. The molecule has 128 valence electrons. The lowest BCUT2D eigenvalue weighted by Crippen LogP contribution is -2.40. The van der Waals surface area contributed by atoms with E-state index in [-0.39, 0.29) is 11.9 Å². The Bertz CT molecular complexity index is 708. The molecule has 1 aromatic heterocycles. The average molecular weight is 331 g/mol. The SMILES string of the molecule is COc1ccc(OC)c(-c2cc(C(=O)N[C@@H]3CCCOC3)[nH]n2)c1. The molecule has 1 saturated heterocycles. The molecule has 7 nitrogen and oxygen atoms in total. The molecule has 0 bridgehead atoms. The summed E-state index contributed by atoms with van der Waals surface area (Å²) in [5.74, 6) is 1.17. The zero-order valence-electron chi connectivity index (χ0n) is 13.8. The number of hydrogen-bond donors (Lipinski definition) is 2. The number of carbonyl (C=O) groups is 1. The Morgan fingerprint density at radius 2 is 2.21 bits per heavy atom. The highest BCUT2D eigenvalue weighted by Crippen LogP contribution is 2.32. The van der Waals surface area contributed by atoms with Crippen LogP contribution in [-0.2, 0) is 4.74 Å². The third-order valence-corrected chi connectivity index (χ3v) is 4.00. The molecule has 2 N–H and O–H groups in total. The van der Waals surface area contributed by atoms with Gasteiger partial charge in [-0.3, -0.25) is 9.89 Å². The molecular weight excluding hydrogens is 310 g/mol. The van der Waals surface area contributed by atoms with Crippen molar-refractivity contribution in [2.45, 2.75) is 18.9 Å². The highest BCUT2D eigenvalue weighted by molar-refractivity contribution is 5.93. The smallest absolute Gasteiger partial charge is 0.269 e. The molecule has 0 aliphatic carbocycles. The van der Waals surface area contributed by atoms with Crippen LogP contribution in [-0.4, -0.2) is 49.6 Å². The van der Waals surface area contributed by atoms with Crippen LogP contribution in [0.3, 0.4) is 0 Å². The Morgan fingerprint density at radius 1 is 1.33 bits per heavy atom. The number of rotatable bonds is 5. The molecule has 1 fully saturated rings. The van der Waals surface area contributed by atoms with E-state index < -0.39 is 0 Å². The minimum Gasteiger partial charge on any atom is -0.497 e. The van der Waals surface area contributed by atoms with E-state index in [1.165, 1.54) is 0 Å². The molecule has 3 rings (SSSR count). The van der Waals surface area contributed by atoms with Gasteiger partial charge in [-0.1, -0.05) is 0 Å². The molecule has 0 saturated carbocycles. The number of benzene rings is 1. The monoisotopic (exact) mass is 331 g/mol. The number of ether oxygens (including phenoxy) is 3. The van der Waals surface area contributed by atoms with Gasteiger partial charge in [-0.25, -0.2) is 0 Å². The number of amides is 1. The van der Waals surface area contributed by atoms with Gasteiger partial charge in [-0.15, -0.1) is 0 Å². The molecule has 1 aliphatic heterocycles. The maximum Gasteiger partial charge on any atom is 0.269 e. The Morgan fingerprint density at radius 3 is 2.92 bits per heavy atom. The van der Waals surface area contributed by atoms with Gasteiger partial charge in [0.2, 0.25) is 0 Å². The average Bonchev–Trinajstić information content (AvgIpc) is 3.12.